The van der Waals surface area contributed by atoms with Crippen LogP contribution >= 0.6 is 0 Å². The fourth-order valence-electron chi connectivity index (χ4n) is 0.571. The maximum Gasteiger partial charge on any atom is 0.00487 e. The molecule has 0 aliphatic rings. The first-order valence-corrected chi connectivity index (χ1v) is 3.72. The van der Waals surface area contributed by atoms with Gasteiger partial charge >= 0.3 is 0 Å². The molecule has 1 nitrogen and oxygen atoms in total. The van der Waals surface area contributed by atoms with Crippen molar-refractivity contribution in [2.75, 3.05) is 0 Å². The second-order valence-corrected chi connectivity index (χ2v) is 2.97. The minimum Gasteiger partial charge on any atom is -0.402 e. The number of hydrogen-bond acceptors (Lipinski definition) is 1. The van der Waals surface area contributed by atoms with Gasteiger partial charge in [0.2, 0.25) is 0 Å². The van der Waals surface area contributed by atoms with Crippen LogP contribution in [0.3, 0.4) is 0 Å². The Kier molecular flexibility index (Phi) is 4.73. The third kappa shape index (κ3) is 7.28. The number of nitrogens with two attached hydrogens (primary N) is 1. The summed E-state index contributed by atoms with van der Waals surface area (Å²) in [6, 6.07) is 0. The minimum atomic E-state index is 0.739. The Hall–Kier alpha value is -0.720. The third-order valence-electron chi connectivity index (χ3n) is 1.10. The van der Waals surface area contributed by atoms with Crippen molar-refractivity contribution in [1.82, 2.24) is 0 Å². The summed E-state index contributed by atoms with van der Waals surface area (Å²) in [6.45, 7) is 6.28. The van der Waals surface area contributed by atoms with Crippen LogP contribution in [0.5, 0.6) is 0 Å². The van der Waals surface area contributed by atoms with Gasteiger partial charge in [0.05, 0.1) is 0 Å². The Morgan fingerprint density at radius 3 is 2.50 bits per heavy atom. The van der Waals surface area contributed by atoms with Crippen LogP contribution in [0.2, 0.25) is 0 Å². The summed E-state index contributed by atoms with van der Waals surface area (Å²) in [5, 5.41) is 0. The lowest BCUT2D eigenvalue weighted by molar-refractivity contribution is 0.664. The lowest BCUT2D eigenvalue weighted by Gasteiger charge is -1.94. The summed E-state index contributed by atoms with van der Waals surface area (Å²) in [4.78, 5) is 0. The largest absolute Gasteiger partial charge is 0.402 e. The summed E-state index contributed by atoms with van der Waals surface area (Å²) in [5.74, 6) is 0.739. The molecular weight excluding hydrogens is 122 g/mol. The van der Waals surface area contributed by atoms with Gasteiger partial charge in [0.1, 0.15) is 0 Å². The molecule has 0 bridgehead atoms. The quantitative estimate of drug-likeness (QED) is 0.597. The van der Waals surface area contributed by atoms with Gasteiger partial charge in [-0.3, -0.25) is 0 Å². The van der Waals surface area contributed by atoms with Crippen molar-refractivity contribution in [3.05, 3.63) is 23.9 Å². The average Bonchev–Trinajstić information content (AvgIpc) is 1.79. The Bertz CT molecular complexity index is 128. The van der Waals surface area contributed by atoms with Crippen LogP contribution in [0, 0.1) is 5.92 Å². The molecule has 0 fully saturated rings. The van der Waals surface area contributed by atoms with E-state index in [0.29, 0.717) is 0 Å². The molecule has 0 spiro atoms. The maximum atomic E-state index is 5.42. The van der Waals surface area contributed by atoms with Crippen LogP contribution in [0.1, 0.15) is 27.2 Å². The summed E-state index contributed by atoms with van der Waals surface area (Å²) in [6.07, 6.45) is 7.20. The first-order chi connectivity index (χ1) is 4.63. The lowest BCUT2D eigenvalue weighted by Crippen LogP contribution is -1.88. The van der Waals surface area contributed by atoms with Gasteiger partial charge in [0.15, 0.2) is 0 Å². The van der Waals surface area contributed by atoms with Crippen molar-refractivity contribution in [3.8, 4) is 0 Å². The zero-order valence-corrected chi connectivity index (χ0v) is 7.09. The van der Waals surface area contributed by atoms with Crippen LogP contribution in [0.15, 0.2) is 23.9 Å². The smallest absolute Gasteiger partial charge is 0.00487 e. The Morgan fingerprint density at radius 2 is 2.10 bits per heavy atom. The Labute approximate surface area is 63.6 Å². The Morgan fingerprint density at radius 1 is 1.50 bits per heavy atom. The summed E-state index contributed by atoms with van der Waals surface area (Å²) in [5.41, 5.74) is 6.28. The number of allylic oxidation sites excluding steroid dienone is 4. The molecule has 0 rings (SSSR count). The standard InChI is InChI=1S/C9H17N/c1-8(2)6-4-5-7-9(3)10/h4-5,7-8H,6,10H2,1-3H3/b5-4-,9-7-. The van der Waals surface area contributed by atoms with E-state index in [0.717, 1.165) is 18.0 Å². The molecule has 0 unspecified atom stereocenters. The molecule has 58 valence electrons. The van der Waals surface area contributed by atoms with E-state index in [1.165, 1.54) is 0 Å². The zero-order chi connectivity index (χ0) is 7.98. The topological polar surface area (TPSA) is 26.0 Å². The van der Waals surface area contributed by atoms with Crippen molar-refractivity contribution in [3.63, 3.8) is 0 Å². The van der Waals surface area contributed by atoms with E-state index >= 15 is 0 Å². The highest BCUT2D eigenvalue weighted by Gasteiger charge is 1.85. The van der Waals surface area contributed by atoms with Crippen molar-refractivity contribution >= 4 is 0 Å². The normalized spacial score (nSPS) is 13.4. The highest BCUT2D eigenvalue weighted by atomic mass is 14.5. The van der Waals surface area contributed by atoms with Gasteiger partial charge in [-0.25, -0.2) is 0 Å². The minimum absolute atomic E-state index is 0.739. The molecule has 1 heteroatoms. The summed E-state index contributed by atoms with van der Waals surface area (Å²) < 4.78 is 0. The number of rotatable bonds is 3. The van der Waals surface area contributed by atoms with E-state index in [4.69, 9.17) is 5.73 Å². The molecule has 0 aliphatic heterocycles. The first kappa shape index (κ1) is 9.28. The molecule has 2 N–H and O–H groups in total. The fourth-order valence-corrected chi connectivity index (χ4v) is 0.571. The Balaban J connectivity index is 3.48. The second-order valence-electron chi connectivity index (χ2n) is 2.97. The highest BCUT2D eigenvalue weighted by molar-refractivity contribution is 5.07. The molecule has 0 radical (unpaired) electrons. The molecule has 10 heavy (non-hydrogen) atoms. The van der Waals surface area contributed by atoms with E-state index in [9.17, 15) is 0 Å². The predicted octanol–water partition coefficient (Wildman–Crippen LogP) is 2.45. The van der Waals surface area contributed by atoms with Gasteiger partial charge in [-0.15, -0.1) is 0 Å². The van der Waals surface area contributed by atoms with Gasteiger partial charge in [-0.1, -0.05) is 26.0 Å². The number of hydrogen-bond donors (Lipinski definition) is 1. The van der Waals surface area contributed by atoms with E-state index in [1.807, 2.05) is 19.1 Å². The van der Waals surface area contributed by atoms with Gasteiger partial charge in [0.25, 0.3) is 0 Å². The second kappa shape index (κ2) is 5.10. The molecule has 0 aromatic heterocycles. The van der Waals surface area contributed by atoms with Crippen LogP contribution in [-0.4, -0.2) is 0 Å². The van der Waals surface area contributed by atoms with E-state index in [1.54, 1.807) is 0 Å². The molecule has 0 aliphatic carbocycles. The molecule has 0 saturated heterocycles. The van der Waals surface area contributed by atoms with Gasteiger partial charge < -0.3 is 5.73 Å². The molecule has 0 heterocycles. The summed E-state index contributed by atoms with van der Waals surface area (Å²) >= 11 is 0. The average molecular weight is 139 g/mol. The van der Waals surface area contributed by atoms with Gasteiger partial charge in [-0.05, 0) is 25.3 Å². The third-order valence-corrected chi connectivity index (χ3v) is 1.10. The zero-order valence-electron chi connectivity index (χ0n) is 7.09. The first-order valence-electron chi connectivity index (χ1n) is 3.72. The van der Waals surface area contributed by atoms with Crippen LogP contribution in [0.25, 0.3) is 0 Å². The van der Waals surface area contributed by atoms with E-state index in [2.05, 4.69) is 19.9 Å². The van der Waals surface area contributed by atoms with Crippen LogP contribution < -0.4 is 5.73 Å². The molecule has 0 amide bonds. The highest BCUT2D eigenvalue weighted by Crippen LogP contribution is 1.99. The molecule has 0 saturated carbocycles. The van der Waals surface area contributed by atoms with Crippen molar-refractivity contribution in [1.29, 1.82) is 0 Å². The van der Waals surface area contributed by atoms with Crippen molar-refractivity contribution < 1.29 is 0 Å². The van der Waals surface area contributed by atoms with Gasteiger partial charge in [0, 0.05) is 5.70 Å². The van der Waals surface area contributed by atoms with Gasteiger partial charge in [-0.2, -0.15) is 0 Å². The lowest BCUT2D eigenvalue weighted by atomic mass is 10.1. The fraction of sp³-hybridized carbons (Fsp3) is 0.556. The predicted molar refractivity (Wildman–Crippen MR) is 46.5 cm³/mol. The van der Waals surface area contributed by atoms with E-state index < -0.39 is 0 Å². The van der Waals surface area contributed by atoms with Crippen LogP contribution in [0.4, 0.5) is 0 Å². The molecular formula is C9H17N. The molecule has 0 aromatic carbocycles. The summed E-state index contributed by atoms with van der Waals surface area (Å²) in [7, 11) is 0. The SMILES string of the molecule is C/C(N)=C/C=C\CC(C)C. The maximum absolute atomic E-state index is 5.42. The van der Waals surface area contributed by atoms with Crippen molar-refractivity contribution in [2.24, 2.45) is 11.7 Å². The van der Waals surface area contributed by atoms with Crippen molar-refractivity contribution in [2.45, 2.75) is 27.2 Å². The molecule has 0 atom stereocenters. The molecule has 0 aromatic rings. The van der Waals surface area contributed by atoms with E-state index in [-0.39, 0.29) is 0 Å². The van der Waals surface area contributed by atoms with Crippen LogP contribution in [-0.2, 0) is 0 Å². The monoisotopic (exact) mass is 139 g/mol.